The summed E-state index contributed by atoms with van der Waals surface area (Å²) in [5, 5.41) is 0. The van der Waals surface area contributed by atoms with Gasteiger partial charge < -0.3 is 0 Å². The van der Waals surface area contributed by atoms with Crippen LogP contribution >= 0.6 is 0 Å². The third kappa shape index (κ3) is 2.19. The van der Waals surface area contributed by atoms with E-state index in [0.29, 0.717) is 17.5 Å². The molecule has 1 atom stereocenters. The van der Waals surface area contributed by atoms with Crippen LogP contribution in [0, 0.1) is 17.5 Å². The van der Waals surface area contributed by atoms with Crippen LogP contribution in [-0.2, 0) is 6.42 Å². The summed E-state index contributed by atoms with van der Waals surface area (Å²) in [5.74, 6) is -3.92. The zero-order valence-corrected chi connectivity index (χ0v) is 10.6. The lowest BCUT2D eigenvalue weighted by Gasteiger charge is -2.20. The molecule has 1 aliphatic carbocycles. The van der Waals surface area contributed by atoms with Crippen molar-refractivity contribution >= 4 is 0 Å². The molecule has 2 aromatic rings. The number of halogens is 4. The predicted molar refractivity (Wildman–Crippen MR) is 68.5 cm³/mol. The Morgan fingerprint density at radius 3 is 2.30 bits per heavy atom. The van der Waals surface area contributed by atoms with Crippen LogP contribution in [0.5, 0.6) is 0 Å². The lowest BCUT2D eigenvalue weighted by Crippen LogP contribution is -2.06. The minimum Gasteiger partial charge on any atom is -0.242 e. The maximum atomic E-state index is 13.7. The van der Waals surface area contributed by atoms with Gasteiger partial charge in [-0.25, -0.2) is 17.6 Å². The molecule has 0 aromatic heterocycles. The minimum atomic E-state index is -1.48. The molecule has 0 radical (unpaired) electrons. The molecule has 1 aliphatic rings. The van der Waals surface area contributed by atoms with Crippen molar-refractivity contribution in [2.24, 2.45) is 0 Å². The highest BCUT2D eigenvalue weighted by molar-refractivity contribution is 5.65. The van der Waals surface area contributed by atoms with Gasteiger partial charge in [0.05, 0.1) is 0 Å². The van der Waals surface area contributed by atoms with Crippen LogP contribution in [0.25, 0.3) is 11.1 Å². The van der Waals surface area contributed by atoms with Crippen LogP contribution in [0.3, 0.4) is 0 Å². The van der Waals surface area contributed by atoms with E-state index in [-0.39, 0.29) is 5.56 Å². The number of rotatable bonds is 1. The van der Waals surface area contributed by atoms with Crippen molar-refractivity contribution < 1.29 is 17.6 Å². The summed E-state index contributed by atoms with van der Waals surface area (Å²) < 4.78 is 53.2. The molecule has 0 saturated heterocycles. The average Bonchev–Trinajstić information content (AvgIpc) is 2.44. The van der Waals surface area contributed by atoms with E-state index in [1.54, 1.807) is 18.2 Å². The first-order chi connectivity index (χ1) is 9.56. The standard InChI is InChI=1S/C16H12F4/c17-13-3-1-2-10-6-9(4-5-12(10)13)11-7-14(18)16(20)15(19)8-11/h4-8,13H,1-3H2. The van der Waals surface area contributed by atoms with Gasteiger partial charge in [0.2, 0.25) is 0 Å². The van der Waals surface area contributed by atoms with Gasteiger partial charge in [-0.2, -0.15) is 0 Å². The summed E-state index contributed by atoms with van der Waals surface area (Å²) in [6.45, 7) is 0. The number of aryl methyl sites for hydroxylation is 1. The normalized spacial score (nSPS) is 17.9. The zero-order chi connectivity index (χ0) is 14.3. The summed E-state index contributed by atoms with van der Waals surface area (Å²) in [6, 6.07) is 6.90. The first-order valence-corrected chi connectivity index (χ1v) is 6.48. The molecule has 3 rings (SSSR count). The fourth-order valence-electron chi connectivity index (χ4n) is 2.66. The second kappa shape index (κ2) is 4.93. The molecule has 0 spiro atoms. The first kappa shape index (κ1) is 13.2. The Bertz CT molecular complexity index is 641. The molecule has 4 heteroatoms. The molecular formula is C16H12F4. The summed E-state index contributed by atoms with van der Waals surface area (Å²) in [4.78, 5) is 0. The SMILES string of the molecule is Fc1cc(-c2ccc3c(c2)CCCC3F)cc(F)c1F. The smallest absolute Gasteiger partial charge is 0.194 e. The van der Waals surface area contributed by atoms with Gasteiger partial charge in [-0.1, -0.05) is 18.2 Å². The molecule has 104 valence electrons. The maximum Gasteiger partial charge on any atom is 0.194 e. The van der Waals surface area contributed by atoms with E-state index in [2.05, 4.69) is 0 Å². The van der Waals surface area contributed by atoms with Crippen LogP contribution in [-0.4, -0.2) is 0 Å². The van der Waals surface area contributed by atoms with Crippen molar-refractivity contribution in [1.29, 1.82) is 0 Å². The molecule has 0 fully saturated rings. The summed E-state index contributed by atoms with van der Waals surface area (Å²) in [7, 11) is 0. The van der Waals surface area contributed by atoms with Crippen LogP contribution in [0.1, 0.15) is 30.1 Å². The Labute approximate surface area is 114 Å². The van der Waals surface area contributed by atoms with Gasteiger partial charge in [-0.3, -0.25) is 0 Å². The summed E-state index contributed by atoms with van der Waals surface area (Å²) >= 11 is 0. The molecule has 0 amide bonds. The van der Waals surface area contributed by atoms with Gasteiger partial charge in [0, 0.05) is 0 Å². The summed E-state index contributed by atoms with van der Waals surface area (Å²) in [6.07, 6.45) is 1.03. The lowest BCUT2D eigenvalue weighted by molar-refractivity contribution is 0.302. The van der Waals surface area contributed by atoms with E-state index in [0.717, 1.165) is 30.5 Å². The van der Waals surface area contributed by atoms with Crippen molar-refractivity contribution in [3.8, 4) is 11.1 Å². The van der Waals surface area contributed by atoms with Gasteiger partial charge in [-0.05, 0) is 53.6 Å². The Balaban J connectivity index is 2.07. The molecule has 0 heterocycles. The summed E-state index contributed by atoms with van der Waals surface area (Å²) in [5.41, 5.74) is 2.32. The fourth-order valence-corrected chi connectivity index (χ4v) is 2.66. The van der Waals surface area contributed by atoms with Crippen molar-refractivity contribution in [2.75, 3.05) is 0 Å². The highest BCUT2D eigenvalue weighted by Gasteiger charge is 2.20. The number of hydrogen-bond donors (Lipinski definition) is 0. The van der Waals surface area contributed by atoms with Gasteiger partial charge in [0.1, 0.15) is 6.17 Å². The third-order valence-corrected chi connectivity index (χ3v) is 3.70. The zero-order valence-electron chi connectivity index (χ0n) is 10.6. The molecule has 0 aliphatic heterocycles. The van der Waals surface area contributed by atoms with Crippen molar-refractivity contribution in [1.82, 2.24) is 0 Å². The molecule has 1 unspecified atom stereocenters. The monoisotopic (exact) mass is 280 g/mol. The molecule has 0 bridgehead atoms. The van der Waals surface area contributed by atoms with Gasteiger partial charge in [0.25, 0.3) is 0 Å². The quantitative estimate of drug-likeness (QED) is 0.502. The molecule has 0 nitrogen and oxygen atoms in total. The average molecular weight is 280 g/mol. The van der Waals surface area contributed by atoms with E-state index in [9.17, 15) is 17.6 Å². The Hall–Kier alpha value is -1.84. The van der Waals surface area contributed by atoms with Crippen LogP contribution < -0.4 is 0 Å². The van der Waals surface area contributed by atoms with Crippen molar-refractivity contribution in [2.45, 2.75) is 25.4 Å². The van der Waals surface area contributed by atoms with E-state index in [1.165, 1.54) is 0 Å². The largest absolute Gasteiger partial charge is 0.242 e. The number of benzene rings is 2. The van der Waals surface area contributed by atoms with E-state index < -0.39 is 23.6 Å². The predicted octanol–water partition coefficient (Wildman–Crippen LogP) is 5.12. The van der Waals surface area contributed by atoms with Crippen molar-refractivity contribution in [3.05, 3.63) is 58.9 Å². The third-order valence-electron chi connectivity index (χ3n) is 3.70. The van der Waals surface area contributed by atoms with Gasteiger partial charge >= 0.3 is 0 Å². The number of hydrogen-bond acceptors (Lipinski definition) is 0. The second-order valence-electron chi connectivity index (χ2n) is 5.03. The van der Waals surface area contributed by atoms with Crippen molar-refractivity contribution in [3.63, 3.8) is 0 Å². The lowest BCUT2D eigenvalue weighted by atomic mass is 9.88. The Kier molecular flexibility index (Phi) is 3.24. The number of alkyl halides is 1. The highest BCUT2D eigenvalue weighted by Crippen LogP contribution is 2.35. The van der Waals surface area contributed by atoms with E-state index in [4.69, 9.17) is 0 Å². The molecule has 2 aromatic carbocycles. The Morgan fingerprint density at radius 2 is 1.60 bits per heavy atom. The molecule has 0 saturated carbocycles. The van der Waals surface area contributed by atoms with Crippen LogP contribution in [0.4, 0.5) is 17.6 Å². The molecular weight excluding hydrogens is 268 g/mol. The number of fused-ring (bicyclic) bond motifs is 1. The Morgan fingerprint density at radius 1 is 0.900 bits per heavy atom. The maximum absolute atomic E-state index is 13.7. The van der Waals surface area contributed by atoms with E-state index in [1.807, 2.05) is 0 Å². The topological polar surface area (TPSA) is 0 Å². The second-order valence-corrected chi connectivity index (χ2v) is 5.03. The van der Waals surface area contributed by atoms with E-state index >= 15 is 0 Å². The fraction of sp³-hybridized carbons (Fsp3) is 0.250. The first-order valence-electron chi connectivity index (χ1n) is 6.48. The minimum absolute atomic E-state index is 0.255. The highest BCUT2D eigenvalue weighted by atomic mass is 19.2. The van der Waals surface area contributed by atoms with Gasteiger partial charge in [0.15, 0.2) is 17.5 Å². The van der Waals surface area contributed by atoms with Crippen LogP contribution in [0.2, 0.25) is 0 Å². The van der Waals surface area contributed by atoms with Gasteiger partial charge in [-0.15, -0.1) is 0 Å². The molecule has 20 heavy (non-hydrogen) atoms. The van der Waals surface area contributed by atoms with Crippen LogP contribution in [0.15, 0.2) is 30.3 Å². The molecule has 0 N–H and O–H groups in total.